The zero-order valence-corrected chi connectivity index (χ0v) is 17.0. The van der Waals surface area contributed by atoms with Gasteiger partial charge in [0, 0.05) is 53.8 Å². The molecule has 0 atom stereocenters. The van der Waals surface area contributed by atoms with Gasteiger partial charge in [0.1, 0.15) is 0 Å². The van der Waals surface area contributed by atoms with Gasteiger partial charge in [0.2, 0.25) is 5.91 Å². The van der Waals surface area contributed by atoms with E-state index in [9.17, 15) is 9.59 Å². The molecule has 2 aromatic rings. The van der Waals surface area contributed by atoms with Crippen molar-refractivity contribution in [2.45, 2.75) is 52.1 Å². The number of hydrogen-bond donors (Lipinski definition) is 1. The molecule has 0 saturated carbocycles. The van der Waals surface area contributed by atoms with Gasteiger partial charge in [-0.1, -0.05) is 30.3 Å². The van der Waals surface area contributed by atoms with Gasteiger partial charge in [0.15, 0.2) is 5.78 Å². The van der Waals surface area contributed by atoms with Crippen LogP contribution in [0.1, 0.15) is 51.4 Å². The summed E-state index contributed by atoms with van der Waals surface area (Å²) in [5.74, 6) is 0.0687. The summed E-state index contributed by atoms with van der Waals surface area (Å²) in [5, 5.41) is 3.11. The van der Waals surface area contributed by atoms with E-state index >= 15 is 0 Å². The van der Waals surface area contributed by atoms with Crippen LogP contribution in [0.2, 0.25) is 0 Å². The van der Waals surface area contributed by atoms with Crippen molar-refractivity contribution in [2.75, 3.05) is 13.1 Å². The Kier molecular flexibility index (Phi) is 6.80. The van der Waals surface area contributed by atoms with Crippen LogP contribution >= 0.6 is 11.3 Å². The minimum Gasteiger partial charge on any atom is -0.353 e. The summed E-state index contributed by atoms with van der Waals surface area (Å²) in [4.78, 5) is 29.2. The van der Waals surface area contributed by atoms with Gasteiger partial charge in [-0.25, -0.2) is 0 Å². The van der Waals surface area contributed by atoms with Gasteiger partial charge in [-0.3, -0.25) is 14.5 Å². The van der Waals surface area contributed by atoms with Gasteiger partial charge < -0.3 is 5.32 Å². The van der Waals surface area contributed by atoms with E-state index in [1.165, 1.54) is 5.56 Å². The lowest BCUT2D eigenvalue weighted by Crippen LogP contribution is -2.44. The minimum absolute atomic E-state index is 0.00513. The summed E-state index contributed by atoms with van der Waals surface area (Å²) >= 11 is 1.63. The number of carbonyl (C=O) groups is 2. The van der Waals surface area contributed by atoms with Gasteiger partial charge in [-0.2, -0.15) is 0 Å². The molecule has 1 saturated heterocycles. The molecule has 1 aliphatic heterocycles. The van der Waals surface area contributed by atoms with E-state index in [1.54, 1.807) is 11.3 Å². The number of nitrogens with zero attached hydrogens (tertiary/aromatic N) is 1. The molecular formula is C22H28N2O2S. The first-order valence-electron chi connectivity index (χ1n) is 9.67. The Bertz CT molecular complexity index is 777. The zero-order chi connectivity index (χ0) is 19.2. The predicted molar refractivity (Wildman–Crippen MR) is 110 cm³/mol. The number of rotatable bonds is 7. The van der Waals surface area contributed by atoms with Crippen LogP contribution in [0.15, 0.2) is 36.4 Å². The summed E-state index contributed by atoms with van der Waals surface area (Å²) in [7, 11) is 0. The van der Waals surface area contributed by atoms with Crippen molar-refractivity contribution >= 4 is 23.0 Å². The molecule has 5 heteroatoms. The highest BCUT2D eigenvalue weighted by Crippen LogP contribution is 2.22. The molecule has 0 unspecified atom stereocenters. The van der Waals surface area contributed by atoms with Crippen molar-refractivity contribution in [1.82, 2.24) is 10.2 Å². The number of Topliss-reactive ketones (excluding diaryl/α,β-unsaturated/α-hetero) is 1. The minimum atomic E-state index is -0.00513. The van der Waals surface area contributed by atoms with Crippen molar-refractivity contribution in [3.8, 4) is 0 Å². The van der Waals surface area contributed by atoms with E-state index in [-0.39, 0.29) is 30.6 Å². The number of carbonyl (C=O) groups excluding carboxylic acids is 2. The second-order valence-electron chi connectivity index (χ2n) is 7.35. The Morgan fingerprint density at radius 1 is 1.11 bits per heavy atom. The average Bonchev–Trinajstić information content (AvgIpc) is 3.00. The number of piperidine rings is 1. The number of benzene rings is 1. The van der Waals surface area contributed by atoms with Crippen LogP contribution in [-0.4, -0.2) is 35.7 Å². The van der Waals surface area contributed by atoms with E-state index in [4.69, 9.17) is 0 Å². The van der Waals surface area contributed by atoms with E-state index in [2.05, 4.69) is 34.5 Å². The molecular weight excluding hydrogens is 356 g/mol. The molecule has 1 aliphatic rings. The van der Waals surface area contributed by atoms with Crippen LogP contribution in [0.4, 0.5) is 0 Å². The Hall–Kier alpha value is -1.98. The molecule has 0 bridgehead atoms. The molecule has 1 aromatic carbocycles. The first-order chi connectivity index (χ1) is 13.0. The van der Waals surface area contributed by atoms with E-state index in [0.29, 0.717) is 0 Å². The Labute approximate surface area is 165 Å². The standard InChI is InChI=1S/C22H28N2O2S/c1-16-14-20(17(2)27-16)21(25)8-9-22(26)23-19-10-12-24(13-11-19)15-18-6-4-3-5-7-18/h3-7,14,19H,8-13,15H2,1-2H3,(H,23,26). The summed E-state index contributed by atoms with van der Waals surface area (Å²) in [6.45, 7) is 6.92. The molecule has 0 radical (unpaired) electrons. The lowest BCUT2D eigenvalue weighted by Gasteiger charge is -2.32. The fourth-order valence-electron chi connectivity index (χ4n) is 3.65. The fourth-order valence-corrected chi connectivity index (χ4v) is 4.59. The number of likely N-dealkylation sites (tertiary alicyclic amines) is 1. The van der Waals surface area contributed by atoms with Crippen molar-refractivity contribution in [3.63, 3.8) is 0 Å². The molecule has 0 aliphatic carbocycles. The quantitative estimate of drug-likeness (QED) is 0.731. The second kappa shape index (κ2) is 9.29. The Morgan fingerprint density at radius 2 is 1.81 bits per heavy atom. The largest absolute Gasteiger partial charge is 0.353 e. The normalized spacial score (nSPS) is 15.6. The van der Waals surface area contributed by atoms with Crippen LogP contribution in [0.25, 0.3) is 0 Å². The molecule has 1 N–H and O–H groups in total. The van der Waals surface area contributed by atoms with Gasteiger partial charge in [0.05, 0.1) is 0 Å². The molecule has 144 valence electrons. The molecule has 3 rings (SSSR count). The number of amides is 1. The molecule has 1 amide bonds. The highest BCUT2D eigenvalue weighted by Gasteiger charge is 2.21. The molecule has 0 spiro atoms. The third kappa shape index (κ3) is 5.75. The van der Waals surface area contributed by atoms with Gasteiger partial charge in [-0.05, 0) is 38.3 Å². The average molecular weight is 385 g/mol. The topological polar surface area (TPSA) is 49.4 Å². The van der Waals surface area contributed by atoms with Crippen LogP contribution < -0.4 is 5.32 Å². The smallest absolute Gasteiger partial charge is 0.220 e. The van der Waals surface area contributed by atoms with Crippen molar-refractivity contribution in [3.05, 3.63) is 57.3 Å². The van der Waals surface area contributed by atoms with E-state index < -0.39 is 0 Å². The highest BCUT2D eigenvalue weighted by molar-refractivity contribution is 7.12. The van der Waals surface area contributed by atoms with Crippen LogP contribution in [0.5, 0.6) is 0 Å². The van der Waals surface area contributed by atoms with Gasteiger partial charge in [0.25, 0.3) is 0 Å². The maximum Gasteiger partial charge on any atom is 0.220 e. The first-order valence-corrected chi connectivity index (χ1v) is 10.5. The number of aryl methyl sites for hydroxylation is 2. The summed E-state index contributed by atoms with van der Waals surface area (Å²) < 4.78 is 0. The maximum absolute atomic E-state index is 12.3. The Morgan fingerprint density at radius 3 is 2.44 bits per heavy atom. The molecule has 27 heavy (non-hydrogen) atoms. The lowest BCUT2D eigenvalue weighted by atomic mass is 10.0. The molecule has 2 heterocycles. The summed E-state index contributed by atoms with van der Waals surface area (Å²) in [6.07, 6.45) is 2.50. The van der Waals surface area contributed by atoms with E-state index in [0.717, 1.165) is 47.8 Å². The molecule has 4 nitrogen and oxygen atoms in total. The third-order valence-corrected chi connectivity index (χ3v) is 6.09. The van der Waals surface area contributed by atoms with E-state index in [1.807, 2.05) is 26.0 Å². The monoisotopic (exact) mass is 384 g/mol. The predicted octanol–water partition coefficient (Wildman–Crippen LogP) is 4.11. The number of ketones is 1. The SMILES string of the molecule is Cc1cc(C(=O)CCC(=O)NC2CCN(Cc3ccccc3)CC2)c(C)s1. The van der Waals surface area contributed by atoms with Crippen LogP contribution in [-0.2, 0) is 11.3 Å². The summed E-state index contributed by atoms with van der Waals surface area (Å²) in [5.41, 5.74) is 2.11. The van der Waals surface area contributed by atoms with Crippen LogP contribution in [0.3, 0.4) is 0 Å². The number of thiophene rings is 1. The van der Waals surface area contributed by atoms with Crippen molar-refractivity contribution in [2.24, 2.45) is 0 Å². The number of hydrogen-bond acceptors (Lipinski definition) is 4. The fraction of sp³-hybridized carbons (Fsp3) is 0.455. The first kappa shape index (κ1) is 19.8. The van der Waals surface area contributed by atoms with Gasteiger partial charge in [-0.15, -0.1) is 11.3 Å². The van der Waals surface area contributed by atoms with Crippen LogP contribution in [0, 0.1) is 13.8 Å². The second-order valence-corrected chi connectivity index (χ2v) is 8.81. The zero-order valence-electron chi connectivity index (χ0n) is 16.2. The maximum atomic E-state index is 12.3. The third-order valence-electron chi connectivity index (χ3n) is 5.12. The molecule has 1 aromatic heterocycles. The number of nitrogens with one attached hydrogen (secondary N) is 1. The van der Waals surface area contributed by atoms with Crippen molar-refractivity contribution in [1.29, 1.82) is 0 Å². The van der Waals surface area contributed by atoms with Crippen molar-refractivity contribution < 1.29 is 9.59 Å². The molecule has 1 fully saturated rings. The lowest BCUT2D eigenvalue weighted by molar-refractivity contribution is -0.122. The highest BCUT2D eigenvalue weighted by atomic mass is 32.1. The Balaban J connectivity index is 1.38. The summed E-state index contributed by atoms with van der Waals surface area (Å²) in [6, 6.07) is 12.7. The van der Waals surface area contributed by atoms with Gasteiger partial charge >= 0.3 is 0 Å².